The molecule has 0 radical (unpaired) electrons. The summed E-state index contributed by atoms with van der Waals surface area (Å²) in [6, 6.07) is -0.0483. The fourth-order valence-electron chi connectivity index (χ4n) is 2.02. The number of carbonyl (C=O) groups is 1. The number of aromatic nitrogens is 2. The fraction of sp³-hybridized carbons (Fsp3) is 0.667. The van der Waals surface area contributed by atoms with E-state index in [1.165, 1.54) is 0 Å². The van der Waals surface area contributed by atoms with Crippen molar-refractivity contribution < 1.29 is 9.53 Å². The van der Waals surface area contributed by atoms with E-state index in [9.17, 15) is 4.79 Å². The molecule has 1 unspecified atom stereocenters. The van der Waals surface area contributed by atoms with Crippen molar-refractivity contribution in [2.24, 2.45) is 0 Å². The molecule has 1 amide bonds. The number of ether oxygens (including phenoxy) is 1. The lowest BCUT2D eigenvalue weighted by Crippen LogP contribution is -2.36. The smallest absolute Gasteiger partial charge is 0.246 e. The van der Waals surface area contributed by atoms with Gasteiger partial charge in [-0.2, -0.15) is 5.10 Å². The van der Waals surface area contributed by atoms with Gasteiger partial charge < -0.3 is 15.4 Å². The monoisotopic (exact) mass is 252 g/mol. The zero-order valence-corrected chi connectivity index (χ0v) is 10.6. The molecular weight excluding hydrogens is 232 g/mol. The van der Waals surface area contributed by atoms with Crippen molar-refractivity contribution >= 4 is 5.91 Å². The summed E-state index contributed by atoms with van der Waals surface area (Å²) < 4.78 is 5.59. The summed E-state index contributed by atoms with van der Waals surface area (Å²) in [5.41, 5.74) is 0.963. The highest BCUT2D eigenvalue weighted by molar-refractivity contribution is 5.77. The molecule has 1 aromatic heterocycles. The van der Waals surface area contributed by atoms with Crippen LogP contribution in [-0.2, 0) is 9.53 Å². The summed E-state index contributed by atoms with van der Waals surface area (Å²) in [5, 5.41) is 12.7. The third kappa shape index (κ3) is 3.82. The first-order valence-electron chi connectivity index (χ1n) is 6.36. The first kappa shape index (κ1) is 13.0. The van der Waals surface area contributed by atoms with Gasteiger partial charge >= 0.3 is 0 Å². The highest BCUT2D eigenvalue weighted by Crippen LogP contribution is 2.10. The second-order valence-corrected chi connectivity index (χ2v) is 4.58. The van der Waals surface area contributed by atoms with E-state index in [2.05, 4.69) is 20.8 Å². The van der Waals surface area contributed by atoms with Crippen molar-refractivity contribution in [2.45, 2.75) is 31.9 Å². The summed E-state index contributed by atoms with van der Waals surface area (Å²) in [4.78, 5) is 11.7. The lowest BCUT2D eigenvalue weighted by atomic mass is 10.1. The Morgan fingerprint density at radius 3 is 3.06 bits per heavy atom. The van der Waals surface area contributed by atoms with Crippen LogP contribution in [0, 0.1) is 0 Å². The van der Waals surface area contributed by atoms with E-state index in [-0.39, 0.29) is 24.7 Å². The molecule has 0 aliphatic carbocycles. The minimum absolute atomic E-state index is 0.0483. The van der Waals surface area contributed by atoms with E-state index in [1.54, 1.807) is 12.4 Å². The molecule has 100 valence electrons. The number of piperidine rings is 1. The van der Waals surface area contributed by atoms with Crippen molar-refractivity contribution in [1.82, 2.24) is 20.8 Å². The second kappa shape index (κ2) is 6.51. The summed E-state index contributed by atoms with van der Waals surface area (Å²) in [7, 11) is 0. The van der Waals surface area contributed by atoms with Gasteiger partial charge in [-0.15, -0.1) is 0 Å². The van der Waals surface area contributed by atoms with Gasteiger partial charge in [0.1, 0.15) is 6.61 Å². The van der Waals surface area contributed by atoms with Crippen molar-refractivity contribution in [2.75, 3.05) is 19.7 Å². The number of carbonyl (C=O) groups excluding carboxylic acids is 1. The standard InChI is InChI=1S/C12H20N4O2/c1-9(10-6-14-15-7-10)16-12(17)8-18-11-2-4-13-5-3-11/h6-7,9,11,13H,2-5,8H2,1H3,(H,14,15)(H,16,17). The molecule has 1 aromatic rings. The van der Waals surface area contributed by atoms with Crippen LogP contribution in [-0.4, -0.2) is 41.9 Å². The topological polar surface area (TPSA) is 79.0 Å². The molecule has 2 heterocycles. The number of hydrogen-bond acceptors (Lipinski definition) is 4. The van der Waals surface area contributed by atoms with Crippen LogP contribution in [0.2, 0.25) is 0 Å². The highest BCUT2D eigenvalue weighted by Gasteiger charge is 2.16. The van der Waals surface area contributed by atoms with E-state index in [0.717, 1.165) is 31.5 Å². The Morgan fingerprint density at radius 1 is 1.61 bits per heavy atom. The van der Waals surface area contributed by atoms with E-state index in [0.29, 0.717) is 0 Å². The molecule has 0 saturated carbocycles. The van der Waals surface area contributed by atoms with Gasteiger partial charge in [-0.1, -0.05) is 0 Å². The molecule has 1 atom stereocenters. The number of rotatable bonds is 5. The van der Waals surface area contributed by atoms with Crippen LogP contribution in [0.4, 0.5) is 0 Å². The van der Waals surface area contributed by atoms with Crippen molar-refractivity contribution in [3.63, 3.8) is 0 Å². The van der Waals surface area contributed by atoms with Crippen LogP contribution in [0.15, 0.2) is 12.4 Å². The molecule has 1 fully saturated rings. The zero-order chi connectivity index (χ0) is 12.8. The molecule has 3 N–H and O–H groups in total. The average molecular weight is 252 g/mol. The van der Waals surface area contributed by atoms with Crippen molar-refractivity contribution in [1.29, 1.82) is 0 Å². The summed E-state index contributed by atoms with van der Waals surface area (Å²) in [6.07, 6.45) is 5.65. The molecule has 1 aliphatic heterocycles. The molecule has 2 rings (SSSR count). The van der Waals surface area contributed by atoms with Crippen LogP contribution in [0.25, 0.3) is 0 Å². The third-order valence-corrected chi connectivity index (χ3v) is 3.13. The second-order valence-electron chi connectivity index (χ2n) is 4.58. The number of H-pyrrole nitrogens is 1. The van der Waals surface area contributed by atoms with Gasteiger partial charge in [0.15, 0.2) is 0 Å². The fourth-order valence-corrected chi connectivity index (χ4v) is 2.02. The summed E-state index contributed by atoms with van der Waals surface area (Å²) in [5.74, 6) is -0.0813. The minimum Gasteiger partial charge on any atom is -0.368 e. The number of amides is 1. The molecule has 18 heavy (non-hydrogen) atoms. The maximum atomic E-state index is 11.7. The number of nitrogens with zero attached hydrogens (tertiary/aromatic N) is 1. The van der Waals surface area contributed by atoms with E-state index >= 15 is 0 Å². The van der Waals surface area contributed by atoms with Gasteiger partial charge in [-0.25, -0.2) is 0 Å². The lowest BCUT2D eigenvalue weighted by molar-refractivity contribution is -0.128. The summed E-state index contributed by atoms with van der Waals surface area (Å²) in [6.45, 7) is 4.00. The zero-order valence-electron chi connectivity index (χ0n) is 10.6. The van der Waals surface area contributed by atoms with Crippen LogP contribution in [0.5, 0.6) is 0 Å². The Kier molecular flexibility index (Phi) is 4.72. The van der Waals surface area contributed by atoms with Crippen molar-refractivity contribution in [3.05, 3.63) is 18.0 Å². The molecule has 0 aromatic carbocycles. The summed E-state index contributed by atoms with van der Waals surface area (Å²) >= 11 is 0. The number of hydrogen-bond donors (Lipinski definition) is 3. The van der Waals surface area contributed by atoms with Gasteiger partial charge in [0.2, 0.25) is 5.91 Å². The largest absolute Gasteiger partial charge is 0.368 e. The first-order valence-corrected chi connectivity index (χ1v) is 6.36. The minimum atomic E-state index is -0.0813. The van der Waals surface area contributed by atoms with Crippen LogP contribution in [0.1, 0.15) is 31.4 Å². The normalized spacial score (nSPS) is 18.5. The van der Waals surface area contributed by atoms with Crippen LogP contribution in [0.3, 0.4) is 0 Å². The Labute approximate surface area is 106 Å². The van der Waals surface area contributed by atoms with Crippen LogP contribution >= 0.6 is 0 Å². The van der Waals surface area contributed by atoms with E-state index < -0.39 is 0 Å². The maximum absolute atomic E-state index is 11.7. The van der Waals surface area contributed by atoms with Crippen molar-refractivity contribution in [3.8, 4) is 0 Å². The molecule has 6 nitrogen and oxygen atoms in total. The van der Waals surface area contributed by atoms with Gasteiger partial charge in [-0.05, 0) is 32.9 Å². The van der Waals surface area contributed by atoms with Crippen LogP contribution < -0.4 is 10.6 Å². The molecule has 0 spiro atoms. The predicted molar refractivity (Wildman–Crippen MR) is 67.0 cm³/mol. The van der Waals surface area contributed by atoms with Gasteiger partial charge in [-0.3, -0.25) is 9.89 Å². The molecule has 0 bridgehead atoms. The Bertz CT molecular complexity index is 360. The Hall–Kier alpha value is -1.40. The van der Waals surface area contributed by atoms with Gasteiger partial charge in [0, 0.05) is 11.8 Å². The average Bonchev–Trinajstić information content (AvgIpc) is 2.91. The maximum Gasteiger partial charge on any atom is 0.246 e. The van der Waals surface area contributed by atoms with E-state index in [1.807, 2.05) is 6.92 Å². The molecule has 1 aliphatic rings. The van der Waals surface area contributed by atoms with Gasteiger partial charge in [0.05, 0.1) is 18.3 Å². The Morgan fingerprint density at radius 2 is 2.39 bits per heavy atom. The highest BCUT2D eigenvalue weighted by atomic mass is 16.5. The van der Waals surface area contributed by atoms with Gasteiger partial charge in [0.25, 0.3) is 0 Å². The van der Waals surface area contributed by atoms with E-state index in [4.69, 9.17) is 4.74 Å². The lowest BCUT2D eigenvalue weighted by Gasteiger charge is -2.23. The third-order valence-electron chi connectivity index (χ3n) is 3.13. The molecule has 1 saturated heterocycles. The first-order chi connectivity index (χ1) is 8.75. The molecular formula is C12H20N4O2. The quantitative estimate of drug-likeness (QED) is 0.707. The number of aromatic amines is 1. The number of nitrogens with one attached hydrogen (secondary N) is 3. The Balaban J connectivity index is 1.68. The molecule has 6 heteroatoms. The predicted octanol–water partition coefficient (Wildman–Crippen LogP) is 0.356. The SMILES string of the molecule is CC(NC(=O)COC1CCNCC1)c1cn[nH]c1.